The third-order valence-electron chi connectivity index (χ3n) is 2.28. The lowest BCUT2D eigenvalue weighted by Crippen LogP contribution is -2.18. The fraction of sp³-hybridized carbons (Fsp3) is 0.0833. The van der Waals surface area contributed by atoms with Gasteiger partial charge in [-0.2, -0.15) is 0 Å². The molecule has 1 aromatic rings. The highest BCUT2D eigenvalue weighted by atomic mass is 19.2. The summed E-state index contributed by atoms with van der Waals surface area (Å²) in [5.41, 5.74) is 0.755. The normalized spacial score (nSPS) is 14.6. The fourth-order valence-corrected chi connectivity index (χ4v) is 1.51. The van der Waals surface area contributed by atoms with Gasteiger partial charge < -0.3 is 5.32 Å². The number of aliphatic imine (C=N–C) groups is 1. The zero-order valence-corrected chi connectivity index (χ0v) is 9.22. The molecule has 18 heavy (non-hydrogen) atoms. The molecule has 1 aromatic carbocycles. The lowest BCUT2D eigenvalue weighted by atomic mass is 10.1. The Morgan fingerprint density at radius 1 is 1.22 bits per heavy atom. The van der Waals surface area contributed by atoms with Gasteiger partial charge >= 0.3 is 0 Å². The van der Waals surface area contributed by atoms with Crippen LogP contribution in [-0.2, 0) is 4.79 Å². The molecule has 0 saturated carbocycles. The molecule has 6 heteroatoms. The Hall–Kier alpha value is -2.33. The summed E-state index contributed by atoms with van der Waals surface area (Å²) in [4.78, 5) is 14.3. The Kier molecular flexibility index (Phi) is 3.04. The molecule has 0 amide bonds. The van der Waals surface area contributed by atoms with Crippen molar-refractivity contribution in [1.29, 1.82) is 0 Å². The topological polar surface area (TPSA) is 41.5 Å². The predicted molar refractivity (Wildman–Crippen MR) is 59.0 cm³/mol. The minimum Gasteiger partial charge on any atom is -0.335 e. The summed E-state index contributed by atoms with van der Waals surface area (Å²) in [5, 5.41) is 2.61. The number of hydrogen-bond donors (Lipinski definition) is 1. The number of benzene rings is 1. The Bertz CT molecular complexity index is 605. The van der Waals surface area contributed by atoms with E-state index in [1.54, 1.807) is 12.9 Å². The van der Waals surface area contributed by atoms with Crippen LogP contribution < -0.4 is 5.32 Å². The standard InChI is InChI=1S/C12H7F3N2O/c1-6-2-10(17-11(5-18)16-6)7-3-8(13)12(15)9(14)4-7/h2-4,16H,1H3. The number of allylic oxidation sites excluding steroid dienone is 2. The molecular formula is C12H7F3N2O. The average Bonchev–Trinajstić information content (AvgIpc) is 2.34. The second-order valence-corrected chi connectivity index (χ2v) is 3.65. The van der Waals surface area contributed by atoms with Crippen molar-refractivity contribution in [2.75, 3.05) is 0 Å². The van der Waals surface area contributed by atoms with Gasteiger partial charge in [0.2, 0.25) is 5.82 Å². The van der Waals surface area contributed by atoms with Crippen molar-refractivity contribution in [3.63, 3.8) is 0 Å². The van der Waals surface area contributed by atoms with Gasteiger partial charge in [0.1, 0.15) is 0 Å². The van der Waals surface area contributed by atoms with Crippen LogP contribution in [0.1, 0.15) is 12.5 Å². The van der Waals surface area contributed by atoms with Crippen LogP contribution in [-0.4, -0.2) is 11.7 Å². The summed E-state index contributed by atoms with van der Waals surface area (Å²) in [7, 11) is 0. The third kappa shape index (κ3) is 2.19. The van der Waals surface area contributed by atoms with E-state index in [1.807, 2.05) is 0 Å². The zero-order valence-electron chi connectivity index (χ0n) is 9.22. The van der Waals surface area contributed by atoms with Crippen LogP contribution in [0.5, 0.6) is 0 Å². The van der Waals surface area contributed by atoms with Gasteiger partial charge in [-0.15, -0.1) is 0 Å². The van der Waals surface area contributed by atoms with Crippen molar-refractivity contribution in [2.45, 2.75) is 6.92 Å². The van der Waals surface area contributed by atoms with Gasteiger partial charge in [-0.25, -0.2) is 23.0 Å². The van der Waals surface area contributed by atoms with Crippen LogP contribution in [0.25, 0.3) is 0 Å². The molecule has 0 unspecified atom stereocenters. The highest BCUT2D eigenvalue weighted by Gasteiger charge is 2.15. The van der Waals surface area contributed by atoms with E-state index in [2.05, 4.69) is 10.3 Å². The van der Waals surface area contributed by atoms with Gasteiger partial charge in [0.05, 0.1) is 5.71 Å². The van der Waals surface area contributed by atoms with Crippen LogP contribution in [0.3, 0.4) is 0 Å². The molecule has 1 aliphatic rings. The fourth-order valence-electron chi connectivity index (χ4n) is 1.51. The van der Waals surface area contributed by atoms with E-state index >= 15 is 0 Å². The molecule has 1 N–H and O–H groups in total. The van der Waals surface area contributed by atoms with Gasteiger partial charge in [-0.1, -0.05) is 0 Å². The van der Waals surface area contributed by atoms with E-state index in [0.29, 0.717) is 5.70 Å². The number of hydrogen-bond acceptors (Lipinski definition) is 3. The summed E-state index contributed by atoms with van der Waals surface area (Å²) >= 11 is 0. The molecule has 1 aliphatic heterocycles. The summed E-state index contributed by atoms with van der Waals surface area (Å²) in [6.45, 7) is 1.64. The third-order valence-corrected chi connectivity index (χ3v) is 2.28. The predicted octanol–water partition coefficient (Wildman–Crippen LogP) is 2.07. The highest BCUT2D eigenvalue weighted by Crippen LogP contribution is 2.17. The van der Waals surface area contributed by atoms with Crippen LogP contribution in [0, 0.1) is 17.5 Å². The van der Waals surface area contributed by atoms with Gasteiger partial charge in [-0.05, 0) is 25.1 Å². The molecule has 0 aromatic heterocycles. The Morgan fingerprint density at radius 3 is 2.39 bits per heavy atom. The minimum absolute atomic E-state index is 0.0417. The Labute approximate surface area is 100 Å². The second kappa shape index (κ2) is 4.50. The van der Waals surface area contributed by atoms with E-state index < -0.39 is 17.5 Å². The van der Waals surface area contributed by atoms with Crippen molar-refractivity contribution in [1.82, 2.24) is 5.32 Å². The first-order valence-corrected chi connectivity index (χ1v) is 4.95. The summed E-state index contributed by atoms with van der Waals surface area (Å²) in [6.07, 6.45) is 1.48. The quantitative estimate of drug-likeness (QED) is 0.614. The number of carbonyl (C=O) groups excluding carboxylic acids is 1. The van der Waals surface area contributed by atoms with E-state index in [9.17, 15) is 18.0 Å². The molecular weight excluding hydrogens is 245 g/mol. The zero-order chi connectivity index (χ0) is 13.3. The van der Waals surface area contributed by atoms with E-state index in [1.165, 1.54) is 6.08 Å². The maximum Gasteiger partial charge on any atom is 0.217 e. The molecule has 1 heterocycles. The number of nitrogens with zero attached hydrogens (tertiary/aromatic N) is 1. The van der Waals surface area contributed by atoms with Crippen molar-refractivity contribution in [3.8, 4) is 0 Å². The smallest absolute Gasteiger partial charge is 0.217 e. The van der Waals surface area contributed by atoms with Crippen LogP contribution in [0.2, 0.25) is 0 Å². The van der Waals surface area contributed by atoms with E-state index in [-0.39, 0.29) is 17.1 Å². The van der Waals surface area contributed by atoms with Crippen molar-refractivity contribution in [2.24, 2.45) is 4.99 Å². The lowest BCUT2D eigenvalue weighted by molar-refractivity contribution is 0.447. The summed E-state index contributed by atoms with van der Waals surface area (Å²) in [5.74, 6) is -2.73. The molecule has 3 nitrogen and oxygen atoms in total. The summed E-state index contributed by atoms with van der Waals surface area (Å²) in [6, 6.07) is 1.63. The molecule has 0 radical (unpaired) electrons. The first kappa shape index (κ1) is 12.1. The van der Waals surface area contributed by atoms with Crippen molar-refractivity contribution < 1.29 is 18.0 Å². The molecule has 92 valence electrons. The highest BCUT2D eigenvalue weighted by molar-refractivity contribution is 6.10. The van der Waals surface area contributed by atoms with E-state index in [4.69, 9.17) is 0 Å². The molecule has 0 aliphatic carbocycles. The number of halogens is 3. The first-order valence-electron chi connectivity index (χ1n) is 4.95. The van der Waals surface area contributed by atoms with Gasteiger partial charge in [0.15, 0.2) is 23.4 Å². The SMILES string of the molecule is CC1=CC(c2cc(F)c(F)c(F)c2)=NC(=C=O)N1. The monoisotopic (exact) mass is 252 g/mol. The molecule has 0 fully saturated rings. The molecule has 0 bridgehead atoms. The van der Waals surface area contributed by atoms with Crippen molar-refractivity contribution in [3.05, 3.63) is 52.7 Å². The largest absolute Gasteiger partial charge is 0.335 e. The number of nitrogens with one attached hydrogen (secondary N) is 1. The lowest BCUT2D eigenvalue weighted by Gasteiger charge is -2.13. The maximum atomic E-state index is 13.1. The number of rotatable bonds is 1. The van der Waals surface area contributed by atoms with Crippen molar-refractivity contribution >= 4 is 11.7 Å². The molecule has 0 atom stereocenters. The molecule has 0 saturated heterocycles. The average molecular weight is 252 g/mol. The minimum atomic E-state index is -1.54. The van der Waals surface area contributed by atoms with Gasteiger partial charge in [-0.3, -0.25) is 0 Å². The Balaban J connectivity index is 2.56. The maximum absolute atomic E-state index is 13.1. The molecule has 2 rings (SSSR count). The summed E-state index contributed by atoms with van der Waals surface area (Å²) < 4.78 is 39.0. The Morgan fingerprint density at radius 2 is 1.83 bits per heavy atom. The van der Waals surface area contributed by atoms with Gasteiger partial charge in [0.25, 0.3) is 0 Å². The van der Waals surface area contributed by atoms with Crippen LogP contribution >= 0.6 is 0 Å². The van der Waals surface area contributed by atoms with Crippen LogP contribution in [0.15, 0.2) is 34.7 Å². The first-order chi connectivity index (χ1) is 8.51. The van der Waals surface area contributed by atoms with Crippen LogP contribution in [0.4, 0.5) is 13.2 Å². The molecule has 0 spiro atoms. The van der Waals surface area contributed by atoms with E-state index in [0.717, 1.165) is 12.1 Å². The second-order valence-electron chi connectivity index (χ2n) is 3.65. The van der Waals surface area contributed by atoms with Gasteiger partial charge in [0, 0.05) is 11.3 Å².